The number of nitrogens with one attached hydrogen (secondary N) is 1. The molecule has 0 unspecified atom stereocenters. The molecule has 90 valence electrons. The van der Waals surface area contributed by atoms with E-state index in [1.165, 1.54) is 24.2 Å². The molecule has 0 aliphatic heterocycles. The van der Waals surface area contributed by atoms with Crippen LogP contribution in [0.2, 0.25) is 5.02 Å². The molecule has 1 aromatic rings. The molecule has 0 aromatic heterocycles. The van der Waals surface area contributed by atoms with Crippen molar-refractivity contribution in [2.45, 2.75) is 19.4 Å². The molecule has 0 aliphatic rings. The van der Waals surface area contributed by atoms with E-state index in [9.17, 15) is 0 Å². The van der Waals surface area contributed by atoms with Crippen LogP contribution in [-0.2, 0) is 6.54 Å². The Balaban J connectivity index is 2.21. The lowest BCUT2D eigenvalue weighted by Crippen LogP contribution is -2.15. The fraction of sp³-hybridized carbons (Fsp3) is 0.500. The first-order valence-corrected chi connectivity index (χ1v) is 7.94. The third-order valence-electron chi connectivity index (χ3n) is 2.28. The lowest BCUT2D eigenvalue weighted by molar-refractivity contribution is 0.643. The molecule has 16 heavy (non-hydrogen) atoms. The quantitative estimate of drug-likeness (QED) is 0.750. The number of hydrogen-bond acceptors (Lipinski definition) is 2. The highest BCUT2D eigenvalue weighted by Crippen LogP contribution is 2.21. The van der Waals surface area contributed by atoms with E-state index in [-0.39, 0.29) is 0 Å². The normalized spacial score (nSPS) is 10.7. The van der Waals surface area contributed by atoms with Crippen molar-refractivity contribution < 1.29 is 0 Å². The van der Waals surface area contributed by atoms with Crippen molar-refractivity contribution in [3.05, 3.63) is 33.3 Å². The van der Waals surface area contributed by atoms with Gasteiger partial charge in [0, 0.05) is 16.0 Å². The molecule has 0 aliphatic carbocycles. The number of thioether (sulfide) groups is 1. The predicted octanol–water partition coefficient (Wildman–Crippen LogP) is 4.34. The zero-order chi connectivity index (χ0) is 11.8. The van der Waals surface area contributed by atoms with Gasteiger partial charge in [0.2, 0.25) is 0 Å². The Labute approximate surface area is 115 Å². The van der Waals surface area contributed by atoms with E-state index in [1.54, 1.807) is 0 Å². The number of rotatable bonds is 7. The van der Waals surface area contributed by atoms with E-state index in [2.05, 4.69) is 33.6 Å². The zero-order valence-electron chi connectivity index (χ0n) is 9.43. The third-order valence-corrected chi connectivity index (χ3v) is 3.95. The maximum Gasteiger partial charge on any atom is 0.0417 e. The second kappa shape index (κ2) is 8.40. The van der Waals surface area contributed by atoms with Gasteiger partial charge in [-0.15, -0.1) is 0 Å². The molecule has 0 fully saturated rings. The Bertz CT molecular complexity index is 320. The van der Waals surface area contributed by atoms with Crippen molar-refractivity contribution in [1.82, 2.24) is 5.32 Å². The highest BCUT2D eigenvalue weighted by molar-refractivity contribution is 9.10. The monoisotopic (exact) mass is 321 g/mol. The van der Waals surface area contributed by atoms with Crippen LogP contribution in [0, 0.1) is 0 Å². The summed E-state index contributed by atoms with van der Waals surface area (Å²) < 4.78 is 1.08. The van der Waals surface area contributed by atoms with Crippen LogP contribution in [0.5, 0.6) is 0 Å². The van der Waals surface area contributed by atoms with Gasteiger partial charge in [-0.3, -0.25) is 0 Å². The smallest absolute Gasteiger partial charge is 0.0417 e. The van der Waals surface area contributed by atoms with Crippen LogP contribution in [0.25, 0.3) is 0 Å². The van der Waals surface area contributed by atoms with Gasteiger partial charge in [0.15, 0.2) is 0 Å². The van der Waals surface area contributed by atoms with Crippen LogP contribution in [0.15, 0.2) is 22.7 Å². The Hall–Kier alpha value is 0.300. The second-order valence-electron chi connectivity index (χ2n) is 3.61. The molecule has 0 bridgehead atoms. The number of halogens is 2. The Morgan fingerprint density at radius 1 is 1.38 bits per heavy atom. The molecule has 1 aromatic carbocycles. The Kier molecular flexibility index (Phi) is 7.54. The predicted molar refractivity (Wildman–Crippen MR) is 78.5 cm³/mol. The molecule has 4 heteroatoms. The van der Waals surface area contributed by atoms with E-state index >= 15 is 0 Å². The van der Waals surface area contributed by atoms with Crippen molar-refractivity contribution in [3.63, 3.8) is 0 Å². The van der Waals surface area contributed by atoms with Crippen LogP contribution >= 0.6 is 39.3 Å². The van der Waals surface area contributed by atoms with Crippen molar-refractivity contribution in [1.29, 1.82) is 0 Å². The van der Waals surface area contributed by atoms with Crippen LogP contribution in [-0.4, -0.2) is 18.6 Å². The molecule has 0 spiro atoms. The van der Waals surface area contributed by atoms with E-state index < -0.39 is 0 Å². The van der Waals surface area contributed by atoms with Gasteiger partial charge in [-0.05, 0) is 49.1 Å². The van der Waals surface area contributed by atoms with Crippen molar-refractivity contribution in [2.24, 2.45) is 0 Å². The molecule has 0 saturated heterocycles. The van der Waals surface area contributed by atoms with E-state index in [1.807, 2.05) is 23.9 Å². The van der Waals surface area contributed by atoms with Crippen molar-refractivity contribution >= 4 is 39.3 Å². The van der Waals surface area contributed by atoms with Gasteiger partial charge in [-0.25, -0.2) is 0 Å². The van der Waals surface area contributed by atoms with E-state index in [0.717, 1.165) is 22.6 Å². The Morgan fingerprint density at radius 2 is 2.19 bits per heavy atom. The molecule has 0 amide bonds. The lowest BCUT2D eigenvalue weighted by Gasteiger charge is -2.07. The largest absolute Gasteiger partial charge is 0.313 e. The summed E-state index contributed by atoms with van der Waals surface area (Å²) in [6.45, 7) is 1.98. The van der Waals surface area contributed by atoms with Gasteiger partial charge >= 0.3 is 0 Å². The topological polar surface area (TPSA) is 12.0 Å². The van der Waals surface area contributed by atoms with Crippen LogP contribution < -0.4 is 5.32 Å². The molecule has 0 atom stereocenters. The molecule has 1 rings (SSSR count). The minimum atomic E-state index is 0.774. The highest BCUT2D eigenvalue weighted by atomic mass is 79.9. The van der Waals surface area contributed by atoms with Crippen LogP contribution in [0.3, 0.4) is 0 Å². The van der Waals surface area contributed by atoms with Crippen LogP contribution in [0.4, 0.5) is 0 Å². The maximum atomic E-state index is 5.88. The highest BCUT2D eigenvalue weighted by Gasteiger charge is 1.99. The van der Waals surface area contributed by atoms with Gasteiger partial charge in [0.25, 0.3) is 0 Å². The molecule has 1 nitrogen and oxygen atoms in total. The summed E-state index contributed by atoms with van der Waals surface area (Å²) in [4.78, 5) is 0. The van der Waals surface area contributed by atoms with Crippen LogP contribution in [0.1, 0.15) is 18.4 Å². The molecular formula is C12H17BrClNS. The molecule has 0 heterocycles. The maximum absolute atomic E-state index is 5.88. The van der Waals surface area contributed by atoms with Crippen molar-refractivity contribution in [3.8, 4) is 0 Å². The first-order chi connectivity index (χ1) is 7.74. The summed E-state index contributed by atoms with van der Waals surface area (Å²) in [7, 11) is 0. The summed E-state index contributed by atoms with van der Waals surface area (Å²) in [5, 5.41) is 4.21. The van der Waals surface area contributed by atoms with Gasteiger partial charge in [-0.1, -0.05) is 33.6 Å². The zero-order valence-corrected chi connectivity index (χ0v) is 12.6. The molecule has 1 N–H and O–H groups in total. The second-order valence-corrected chi connectivity index (χ2v) is 5.89. The lowest BCUT2D eigenvalue weighted by atomic mass is 10.2. The van der Waals surface area contributed by atoms with Gasteiger partial charge in [-0.2, -0.15) is 11.8 Å². The SMILES string of the molecule is CSCCCCNCc1ccc(Cl)cc1Br. The minimum Gasteiger partial charge on any atom is -0.313 e. The van der Waals surface area contributed by atoms with Crippen molar-refractivity contribution in [2.75, 3.05) is 18.6 Å². The standard InChI is InChI=1S/C12H17BrClNS/c1-16-7-3-2-6-15-9-10-4-5-11(14)8-12(10)13/h4-5,8,15H,2-3,6-7,9H2,1H3. The first kappa shape index (κ1) is 14.4. The third kappa shape index (κ3) is 5.58. The van der Waals surface area contributed by atoms with E-state index in [0.29, 0.717) is 0 Å². The summed E-state index contributed by atoms with van der Waals surface area (Å²) >= 11 is 11.3. The number of unbranched alkanes of at least 4 members (excludes halogenated alkanes) is 1. The molecule has 0 saturated carbocycles. The fourth-order valence-corrected chi connectivity index (χ4v) is 2.70. The van der Waals surface area contributed by atoms with Gasteiger partial charge in [0.05, 0.1) is 0 Å². The average molecular weight is 323 g/mol. The minimum absolute atomic E-state index is 0.774. The summed E-state index contributed by atoms with van der Waals surface area (Å²) in [5.41, 5.74) is 1.26. The number of benzene rings is 1. The summed E-state index contributed by atoms with van der Waals surface area (Å²) in [6, 6.07) is 5.92. The first-order valence-electron chi connectivity index (χ1n) is 5.37. The fourth-order valence-electron chi connectivity index (χ4n) is 1.38. The summed E-state index contributed by atoms with van der Waals surface area (Å²) in [5.74, 6) is 1.26. The number of hydrogen-bond donors (Lipinski definition) is 1. The van der Waals surface area contributed by atoms with E-state index in [4.69, 9.17) is 11.6 Å². The average Bonchev–Trinajstić information content (AvgIpc) is 2.26. The summed E-state index contributed by atoms with van der Waals surface area (Å²) in [6.07, 6.45) is 4.68. The Morgan fingerprint density at radius 3 is 2.88 bits per heavy atom. The molecular weight excluding hydrogens is 306 g/mol. The van der Waals surface area contributed by atoms with Gasteiger partial charge in [0.1, 0.15) is 0 Å². The van der Waals surface area contributed by atoms with Gasteiger partial charge < -0.3 is 5.32 Å². The molecule has 0 radical (unpaired) electrons.